The Hall–Kier alpha value is -1.52. The molecule has 1 atom stereocenters. The van der Waals surface area contributed by atoms with Gasteiger partial charge in [0.1, 0.15) is 5.60 Å². The van der Waals surface area contributed by atoms with Crippen LogP contribution in [0.4, 0.5) is 4.79 Å². The minimum atomic E-state index is -0.478. The van der Waals surface area contributed by atoms with E-state index in [0.29, 0.717) is 19.5 Å². The number of carbonyl (C=O) groups is 2. The molecule has 120 valence electrons. The van der Waals surface area contributed by atoms with Crippen molar-refractivity contribution < 1.29 is 14.3 Å². The van der Waals surface area contributed by atoms with Gasteiger partial charge in [-0.05, 0) is 45.6 Å². The first kappa shape index (κ1) is 17.5. The summed E-state index contributed by atoms with van der Waals surface area (Å²) < 4.78 is 5.39. The summed E-state index contributed by atoms with van der Waals surface area (Å²) >= 11 is 0. The zero-order valence-electron chi connectivity index (χ0n) is 13.9. The summed E-state index contributed by atoms with van der Waals surface area (Å²) in [6.07, 6.45) is 5.49. The van der Waals surface area contributed by atoms with Crippen molar-refractivity contribution >= 4 is 11.9 Å². The molecule has 1 aliphatic rings. The fourth-order valence-electron chi connectivity index (χ4n) is 2.31. The number of rotatable bonds is 4. The normalized spacial score (nSPS) is 19.7. The van der Waals surface area contributed by atoms with Gasteiger partial charge in [-0.3, -0.25) is 4.79 Å². The van der Waals surface area contributed by atoms with E-state index in [1.807, 2.05) is 39.8 Å². The molecule has 1 heterocycles. The van der Waals surface area contributed by atoms with Gasteiger partial charge in [0.25, 0.3) is 0 Å². The molecule has 1 saturated heterocycles. The molecule has 0 aliphatic carbocycles. The van der Waals surface area contributed by atoms with Crippen LogP contribution in [0.5, 0.6) is 0 Å². The van der Waals surface area contributed by atoms with Crippen molar-refractivity contribution in [3.63, 3.8) is 0 Å². The number of piperidine rings is 1. The maximum absolute atomic E-state index is 12.1. The average Bonchev–Trinajstić information content (AvgIpc) is 2.34. The van der Waals surface area contributed by atoms with Crippen molar-refractivity contribution in [3.8, 4) is 0 Å². The van der Waals surface area contributed by atoms with E-state index in [9.17, 15) is 9.59 Å². The molecule has 0 aromatic heterocycles. The van der Waals surface area contributed by atoms with Gasteiger partial charge < -0.3 is 14.5 Å². The van der Waals surface area contributed by atoms with Crippen molar-refractivity contribution in [3.05, 3.63) is 12.3 Å². The minimum absolute atomic E-state index is 0.111. The molecular weight excluding hydrogens is 268 g/mol. The number of ketones is 1. The van der Waals surface area contributed by atoms with E-state index in [1.165, 1.54) is 0 Å². The summed E-state index contributed by atoms with van der Waals surface area (Å²) in [5.41, 5.74) is -0.478. The van der Waals surface area contributed by atoms with E-state index < -0.39 is 5.60 Å². The lowest BCUT2D eigenvalue weighted by Gasteiger charge is -2.33. The molecule has 0 N–H and O–H groups in total. The maximum Gasteiger partial charge on any atom is 0.410 e. The van der Waals surface area contributed by atoms with Crippen LogP contribution in [0, 0.1) is 5.92 Å². The highest BCUT2D eigenvalue weighted by molar-refractivity contribution is 5.89. The first-order chi connectivity index (χ1) is 9.67. The van der Waals surface area contributed by atoms with Crippen molar-refractivity contribution in [1.29, 1.82) is 0 Å². The lowest BCUT2D eigenvalue weighted by molar-refractivity contribution is -0.116. The molecule has 0 bridgehead atoms. The zero-order chi connectivity index (χ0) is 16.0. The second-order valence-electron chi connectivity index (χ2n) is 6.88. The molecule has 0 aromatic rings. The fourth-order valence-corrected chi connectivity index (χ4v) is 2.31. The molecule has 1 rings (SSSR count). The number of hydrogen-bond donors (Lipinski definition) is 0. The lowest BCUT2D eigenvalue weighted by atomic mass is 9.93. The van der Waals surface area contributed by atoms with Gasteiger partial charge >= 0.3 is 6.09 Å². The third-order valence-corrected chi connectivity index (χ3v) is 3.22. The molecule has 0 radical (unpaired) electrons. The number of likely N-dealkylation sites (tertiary alicyclic amines) is 1. The average molecular weight is 296 g/mol. The van der Waals surface area contributed by atoms with E-state index in [1.54, 1.807) is 17.2 Å². The molecule has 5 nitrogen and oxygen atoms in total. The minimum Gasteiger partial charge on any atom is -0.444 e. The number of allylic oxidation sites excluding steroid dienone is 1. The number of hydrogen-bond acceptors (Lipinski definition) is 4. The van der Waals surface area contributed by atoms with Crippen LogP contribution in [-0.2, 0) is 9.53 Å². The van der Waals surface area contributed by atoms with Crippen LogP contribution in [0.3, 0.4) is 0 Å². The van der Waals surface area contributed by atoms with Gasteiger partial charge in [0.15, 0.2) is 5.78 Å². The summed E-state index contributed by atoms with van der Waals surface area (Å²) in [5.74, 6) is 0.338. The summed E-state index contributed by atoms with van der Waals surface area (Å²) in [7, 11) is 3.77. The predicted octanol–water partition coefficient (Wildman–Crippen LogP) is 2.67. The Morgan fingerprint density at radius 1 is 1.33 bits per heavy atom. The monoisotopic (exact) mass is 296 g/mol. The van der Waals surface area contributed by atoms with Crippen LogP contribution in [0.1, 0.15) is 40.0 Å². The van der Waals surface area contributed by atoms with Crippen molar-refractivity contribution in [1.82, 2.24) is 9.80 Å². The highest BCUT2D eigenvalue weighted by Gasteiger charge is 2.28. The lowest BCUT2D eigenvalue weighted by Crippen LogP contribution is -2.43. The molecule has 1 aliphatic heterocycles. The number of ether oxygens (including phenoxy) is 1. The van der Waals surface area contributed by atoms with Crippen LogP contribution in [-0.4, -0.2) is 54.5 Å². The molecule has 21 heavy (non-hydrogen) atoms. The Bertz CT molecular complexity index is 397. The zero-order valence-corrected chi connectivity index (χ0v) is 13.9. The SMILES string of the molecule is CN(C)/C=C/C(=O)CC1CCCN(C(=O)OC(C)(C)C)C1. The first-order valence-corrected chi connectivity index (χ1v) is 7.53. The topological polar surface area (TPSA) is 49.9 Å². The van der Waals surface area contributed by atoms with Gasteiger partial charge in [-0.1, -0.05) is 0 Å². The number of nitrogens with zero attached hydrogens (tertiary/aromatic N) is 2. The van der Waals surface area contributed by atoms with Crippen LogP contribution < -0.4 is 0 Å². The fraction of sp³-hybridized carbons (Fsp3) is 0.750. The van der Waals surface area contributed by atoms with E-state index in [0.717, 1.165) is 12.8 Å². The molecular formula is C16H28N2O3. The van der Waals surface area contributed by atoms with Crippen LogP contribution in [0.15, 0.2) is 12.3 Å². The van der Waals surface area contributed by atoms with Crippen molar-refractivity contribution in [2.24, 2.45) is 5.92 Å². The summed E-state index contributed by atoms with van der Waals surface area (Å²) in [6.45, 7) is 6.91. The van der Waals surface area contributed by atoms with Gasteiger partial charge in [0.05, 0.1) is 0 Å². The standard InChI is InChI=1S/C16H28N2O3/c1-16(2,3)21-15(20)18-9-6-7-13(12-18)11-14(19)8-10-17(4)5/h8,10,13H,6-7,9,11-12H2,1-5H3/b10-8+. The molecule has 0 spiro atoms. The highest BCUT2D eigenvalue weighted by Crippen LogP contribution is 2.22. The number of carbonyl (C=O) groups excluding carboxylic acids is 2. The summed E-state index contributed by atoms with van der Waals surface area (Å²) in [6, 6.07) is 0. The third kappa shape index (κ3) is 7.16. The van der Waals surface area contributed by atoms with E-state index >= 15 is 0 Å². The maximum atomic E-state index is 12.1. The van der Waals surface area contributed by atoms with Gasteiger partial charge in [-0.2, -0.15) is 0 Å². The number of amides is 1. The Balaban J connectivity index is 2.49. The van der Waals surface area contributed by atoms with Gasteiger partial charge in [0, 0.05) is 39.8 Å². The Labute approximate surface area is 127 Å². The first-order valence-electron chi connectivity index (χ1n) is 7.53. The molecule has 0 saturated carbocycles. The second kappa shape index (κ2) is 7.48. The predicted molar refractivity (Wildman–Crippen MR) is 83.0 cm³/mol. The quantitative estimate of drug-likeness (QED) is 0.748. The molecule has 1 fully saturated rings. The van der Waals surface area contributed by atoms with E-state index in [-0.39, 0.29) is 17.8 Å². The van der Waals surface area contributed by atoms with Crippen LogP contribution in [0.2, 0.25) is 0 Å². The van der Waals surface area contributed by atoms with Crippen LogP contribution >= 0.6 is 0 Å². The van der Waals surface area contributed by atoms with Crippen molar-refractivity contribution in [2.75, 3.05) is 27.2 Å². The highest BCUT2D eigenvalue weighted by atomic mass is 16.6. The molecule has 1 unspecified atom stereocenters. The largest absolute Gasteiger partial charge is 0.444 e. The van der Waals surface area contributed by atoms with Crippen LogP contribution in [0.25, 0.3) is 0 Å². The second-order valence-corrected chi connectivity index (χ2v) is 6.88. The third-order valence-electron chi connectivity index (χ3n) is 3.22. The van der Waals surface area contributed by atoms with Gasteiger partial charge in [-0.15, -0.1) is 0 Å². The Morgan fingerprint density at radius 2 is 2.00 bits per heavy atom. The summed E-state index contributed by atoms with van der Waals surface area (Å²) in [4.78, 5) is 27.5. The molecule has 5 heteroatoms. The molecule has 1 amide bonds. The van der Waals surface area contributed by atoms with E-state index in [2.05, 4.69) is 0 Å². The Morgan fingerprint density at radius 3 is 2.57 bits per heavy atom. The Kier molecular flexibility index (Phi) is 6.24. The van der Waals surface area contributed by atoms with E-state index in [4.69, 9.17) is 4.74 Å². The summed E-state index contributed by atoms with van der Waals surface area (Å²) in [5, 5.41) is 0. The van der Waals surface area contributed by atoms with Gasteiger partial charge in [-0.25, -0.2) is 4.79 Å². The smallest absolute Gasteiger partial charge is 0.410 e. The molecule has 0 aromatic carbocycles. The van der Waals surface area contributed by atoms with Gasteiger partial charge in [0.2, 0.25) is 0 Å². The van der Waals surface area contributed by atoms with Crippen molar-refractivity contribution in [2.45, 2.75) is 45.6 Å².